The molecule has 0 radical (unpaired) electrons. The summed E-state index contributed by atoms with van der Waals surface area (Å²) in [6, 6.07) is 7.15. The maximum atomic E-state index is 11.9. The third kappa shape index (κ3) is 4.47. The summed E-state index contributed by atoms with van der Waals surface area (Å²) in [5.74, 6) is -0.401. The number of amides is 3. The second-order valence-electron chi connectivity index (χ2n) is 3.59. The lowest BCUT2D eigenvalue weighted by atomic mass is 10.1. The summed E-state index contributed by atoms with van der Waals surface area (Å²) in [6.07, 6.45) is 0. The van der Waals surface area contributed by atoms with Gasteiger partial charge in [-0.2, -0.15) is 0 Å². The van der Waals surface area contributed by atoms with Crippen LogP contribution in [0.3, 0.4) is 0 Å². The van der Waals surface area contributed by atoms with Crippen molar-refractivity contribution in [1.29, 1.82) is 0 Å². The first-order valence-corrected chi connectivity index (χ1v) is 5.60. The van der Waals surface area contributed by atoms with Crippen LogP contribution in [0.5, 0.6) is 0 Å². The Morgan fingerprint density at radius 1 is 1.33 bits per heavy atom. The van der Waals surface area contributed by atoms with Crippen LogP contribution >= 0.6 is 11.6 Å². The zero-order valence-corrected chi connectivity index (χ0v) is 10.4. The van der Waals surface area contributed by atoms with Crippen LogP contribution in [-0.2, 0) is 4.79 Å². The van der Waals surface area contributed by atoms with E-state index in [0.29, 0.717) is 10.6 Å². The van der Waals surface area contributed by atoms with E-state index >= 15 is 0 Å². The first-order chi connectivity index (χ1) is 8.50. The predicted molar refractivity (Wildman–Crippen MR) is 69.9 cm³/mol. The highest BCUT2D eigenvalue weighted by Crippen LogP contribution is 2.12. The van der Waals surface area contributed by atoms with Crippen LogP contribution in [-0.4, -0.2) is 18.5 Å². The second kappa shape index (κ2) is 6.66. The van der Waals surface area contributed by atoms with Gasteiger partial charge in [-0.3, -0.25) is 4.79 Å². The Hall–Kier alpha value is -2.01. The fourth-order valence-electron chi connectivity index (χ4n) is 1.37. The molecule has 0 aromatic heterocycles. The Labute approximate surface area is 110 Å². The molecule has 0 saturated heterocycles. The Morgan fingerprint density at radius 3 is 2.44 bits per heavy atom. The van der Waals surface area contributed by atoms with Crippen molar-refractivity contribution in [2.45, 2.75) is 6.04 Å². The van der Waals surface area contributed by atoms with Crippen molar-refractivity contribution < 1.29 is 9.59 Å². The summed E-state index contributed by atoms with van der Waals surface area (Å²) in [7, 11) is 0. The Bertz CT molecular complexity index is 448. The van der Waals surface area contributed by atoms with Crippen LogP contribution < -0.4 is 16.4 Å². The largest absolute Gasteiger partial charge is 0.352 e. The highest BCUT2D eigenvalue weighted by atomic mass is 35.5. The number of carbonyl (C=O) groups is 2. The van der Waals surface area contributed by atoms with Crippen molar-refractivity contribution in [3.63, 3.8) is 0 Å². The van der Waals surface area contributed by atoms with Gasteiger partial charge in [0.15, 0.2) is 0 Å². The number of hydrogen-bond acceptors (Lipinski definition) is 2. The summed E-state index contributed by atoms with van der Waals surface area (Å²) >= 11 is 5.56. The fraction of sp³-hybridized carbons (Fsp3) is 0.167. The zero-order chi connectivity index (χ0) is 13.5. The molecule has 0 bridgehead atoms. The molecule has 0 aliphatic rings. The molecule has 6 heteroatoms. The van der Waals surface area contributed by atoms with E-state index in [1.807, 2.05) is 6.07 Å². The van der Waals surface area contributed by atoms with Crippen LogP contribution in [0.4, 0.5) is 4.79 Å². The predicted octanol–water partition coefficient (Wildman–Crippen LogP) is 1.26. The van der Waals surface area contributed by atoms with Gasteiger partial charge in [0.1, 0.15) is 6.04 Å². The number of hydrogen-bond donors (Lipinski definition) is 3. The van der Waals surface area contributed by atoms with E-state index in [-0.39, 0.29) is 6.54 Å². The van der Waals surface area contributed by atoms with Crippen LogP contribution in [0.2, 0.25) is 0 Å². The van der Waals surface area contributed by atoms with Gasteiger partial charge < -0.3 is 16.4 Å². The molecule has 0 aliphatic heterocycles. The Kier molecular flexibility index (Phi) is 5.20. The number of urea groups is 1. The molecular formula is C12H14ClN3O2. The monoisotopic (exact) mass is 267 g/mol. The Balaban J connectivity index is 2.81. The number of nitrogens with two attached hydrogens (primary N) is 1. The standard InChI is InChI=1S/C12H14ClN3O2/c1-8(13)7-15-11(17)10(16-12(14)18)9-5-3-2-4-6-9/h2-6,10H,1,7H2,(H,15,17)(H3,14,16,18). The molecule has 0 fully saturated rings. The Morgan fingerprint density at radius 2 is 1.94 bits per heavy atom. The van der Waals surface area contributed by atoms with Crippen molar-refractivity contribution in [3.8, 4) is 0 Å². The van der Waals surface area contributed by atoms with E-state index < -0.39 is 18.0 Å². The molecule has 5 nitrogen and oxygen atoms in total. The SMILES string of the molecule is C=C(Cl)CNC(=O)C(NC(N)=O)c1ccccc1. The lowest BCUT2D eigenvalue weighted by molar-refractivity contribution is -0.122. The molecule has 0 spiro atoms. The number of benzene rings is 1. The number of rotatable bonds is 5. The molecule has 0 aliphatic carbocycles. The smallest absolute Gasteiger partial charge is 0.313 e. The average Bonchev–Trinajstić information content (AvgIpc) is 2.34. The van der Waals surface area contributed by atoms with Gasteiger partial charge >= 0.3 is 6.03 Å². The van der Waals surface area contributed by atoms with Gasteiger partial charge in [-0.15, -0.1) is 0 Å². The van der Waals surface area contributed by atoms with Gasteiger partial charge in [0.25, 0.3) is 0 Å². The van der Waals surface area contributed by atoms with E-state index in [1.165, 1.54) is 0 Å². The van der Waals surface area contributed by atoms with Gasteiger partial charge in [0.2, 0.25) is 5.91 Å². The summed E-state index contributed by atoms with van der Waals surface area (Å²) in [5, 5.41) is 5.22. The minimum atomic E-state index is -0.847. The molecule has 0 heterocycles. The van der Waals surface area contributed by atoms with E-state index in [2.05, 4.69) is 17.2 Å². The topological polar surface area (TPSA) is 84.2 Å². The summed E-state index contributed by atoms with van der Waals surface area (Å²) in [4.78, 5) is 22.8. The van der Waals surface area contributed by atoms with E-state index in [9.17, 15) is 9.59 Å². The van der Waals surface area contributed by atoms with E-state index in [4.69, 9.17) is 17.3 Å². The number of nitrogens with one attached hydrogen (secondary N) is 2. The highest BCUT2D eigenvalue weighted by molar-refractivity contribution is 6.29. The zero-order valence-electron chi connectivity index (χ0n) is 9.65. The first kappa shape index (κ1) is 14.1. The van der Waals surface area contributed by atoms with Crippen molar-refractivity contribution in [3.05, 3.63) is 47.5 Å². The van der Waals surface area contributed by atoms with Crippen LogP contribution in [0.15, 0.2) is 41.9 Å². The molecule has 1 atom stereocenters. The van der Waals surface area contributed by atoms with Gasteiger partial charge in [0.05, 0.1) is 6.54 Å². The highest BCUT2D eigenvalue weighted by Gasteiger charge is 2.21. The van der Waals surface area contributed by atoms with E-state index in [0.717, 1.165) is 0 Å². The van der Waals surface area contributed by atoms with Crippen molar-refractivity contribution in [2.75, 3.05) is 6.54 Å². The van der Waals surface area contributed by atoms with E-state index in [1.54, 1.807) is 24.3 Å². The third-order valence-corrected chi connectivity index (χ3v) is 2.27. The summed E-state index contributed by atoms with van der Waals surface area (Å²) in [5.41, 5.74) is 5.68. The maximum Gasteiger partial charge on any atom is 0.313 e. The molecule has 1 rings (SSSR count). The van der Waals surface area contributed by atoms with Crippen LogP contribution in [0.25, 0.3) is 0 Å². The molecule has 18 heavy (non-hydrogen) atoms. The number of carbonyl (C=O) groups excluding carboxylic acids is 2. The molecule has 1 aromatic rings. The molecule has 3 amide bonds. The molecule has 96 valence electrons. The average molecular weight is 268 g/mol. The van der Waals surface area contributed by atoms with Gasteiger partial charge in [0, 0.05) is 5.03 Å². The number of halogens is 1. The quantitative estimate of drug-likeness (QED) is 0.750. The minimum Gasteiger partial charge on any atom is -0.352 e. The van der Waals surface area contributed by atoms with Crippen LogP contribution in [0, 0.1) is 0 Å². The molecule has 4 N–H and O–H groups in total. The summed E-state index contributed by atoms with van der Waals surface area (Å²) in [6.45, 7) is 3.59. The molecule has 0 saturated carbocycles. The normalized spacial score (nSPS) is 11.4. The number of primary amides is 1. The first-order valence-electron chi connectivity index (χ1n) is 5.22. The molecule has 1 aromatic carbocycles. The van der Waals surface area contributed by atoms with Crippen molar-refractivity contribution in [1.82, 2.24) is 10.6 Å². The fourth-order valence-corrected chi connectivity index (χ4v) is 1.44. The van der Waals surface area contributed by atoms with Gasteiger partial charge in [-0.1, -0.05) is 48.5 Å². The lowest BCUT2D eigenvalue weighted by Crippen LogP contribution is -2.42. The van der Waals surface area contributed by atoms with Crippen molar-refractivity contribution in [2.24, 2.45) is 5.73 Å². The summed E-state index contributed by atoms with van der Waals surface area (Å²) < 4.78 is 0. The minimum absolute atomic E-state index is 0.129. The maximum absolute atomic E-state index is 11.9. The third-order valence-electron chi connectivity index (χ3n) is 2.14. The van der Waals surface area contributed by atoms with Gasteiger partial charge in [-0.25, -0.2) is 4.79 Å². The molecular weight excluding hydrogens is 254 g/mol. The second-order valence-corrected chi connectivity index (χ2v) is 4.12. The lowest BCUT2D eigenvalue weighted by Gasteiger charge is -2.17. The molecule has 1 unspecified atom stereocenters. The van der Waals surface area contributed by atoms with Crippen LogP contribution in [0.1, 0.15) is 11.6 Å². The van der Waals surface area contributed by atoms with Gasteiger partial charge in [-0.05, 0) is 5.56 Å². The van der Waals surface area contributed by atoms with Crippen molar-refractivity contribution >= 4 is 23.5 Å².